The third-order valence-electron chi connectivity index (χ3n) is 6.79. The summed E-state index contributed by atoms with van der Waals surface area (Å²) < 4.78 is 19.6. The van der Waals surface area contributed by atoms with Gasteiger partial charge in [0.05, 0.1) is 13.7 Å². The molecule has 186 valence electrons. The molecule has 2 saturated heterocycles. The van der Waals surface area contributed by atoms with Gasteiger partial charge in [-0.05, 0) is 24.1 Å². The van der Waals surface area contributed by atoms with Crippen LogP contribution in [0.5, 0.6) is 5.75 Å². The summed E-state index contributed by atoms with van der Waals surface area (Å²) in [5, 5.41) is 0. The normalized spacial score (nSPS) is 17.9. The monoisotopic (exact) mass is 490 g/mol. The second-order valence-corrected chi connectivity index (χ2v) is 8.93. The quantitative estimate of drug-likeness (QED) is 0.569. The maximum atomic E-state index is 14.2. The number of hydrogen-bond donors (Lipinski definition) is 0. The van der Waals surface area contributed by atoms with Crippen molar-refractivity contribution in [2.24, 2.45) is 0 Å². The summed E-state index contributed by atoms with van der Waals surface area (Å²) in [4.78, 5) is 21.8. The smallest absolute Gasteiger partial charge is 0.236 e. The predicted molar refractivity (Wildman–Crippen MR) is 135 cm³/mol. The van der Waals surface area contributed by atoms with Crippen LogP contribution in [0.4, 0.5) is 4.39 Å². The topological polar surface area (TPSA) is 39.3 Å². The van der Waals surface area contributed by atoms with E-state index in [2.05, 4.69) is 45.0 Å². The molecule has 2 aromatic carbocycles. The average Bonchev–Trinajstić information content (AvgIpc) is 2.86. The lowest BCUT2D eigenvalue weighted by Gasteiger charge is -2.38. The Balaban J connectivity index is 0.00000324. The van der Waals surface area contributed by atoms with E-state index in [1.807, 2.05) is 4.90 Å². The molecular formula is C26H36ClFN4O2. The van der Waals surface area contributed by atoms with Crippen LogP contribution in [0, 0.1) is 5.82 Å². The highest BCUT2D eigenvalue weighted by atomic mass is 35.5. The van der Waals surface area contributed by atoms with Gasteiger partial charge in [0, 0.05) is 71.0 Å². The summed E-state index contributed by atoms with van der Waals surface area (Å²) in [5.41, 5.74) is 1.97. The third kappa shape index (κ3) is 7.15. The first-order chi connectivity index (χ1) is 16.1. The molecule has 0 spiro atoms. The summed E-state index contributed by atoms with van der Waals surface area (Å²) in [6.07, 6.45) is 1.07. The zero-order chi connectivity index (χ0) is 23.0. The molecule has 0 N–H and O–H groups in total. The molecule has 4 rings (SSSR count). The number of carbonyl (C=O) groups is 1. The highest BCUT2D eigenvalue weighted by molar-refractivity contribution is 5.85. The molecule has 8 heteroatoms. The van der Waals surface area contributed by atoms with Crippen molar-refractivity contribution in [3.8, 4) is 5.75 Å². The number of amides is 1. The molecule has 2 aromatic rings. The van der Waals surface area contributed by atoms with Gasteiger partial charge in [-0.1, -0.05) is 36.4 Å². The minimum Gasteiger partial charge on any atom is -0.496 e. The van der Waals surface area contributed by atoms with Crippen LogP contribution in [-0.4, -0.2) is 98.1 Å². The van der Waals surface area contributed by atoms with Crippen LogP contribution in [0.2, 0.25) is 0 Å². The maximum Gasteiger partial charge on any atom is 0.236 e. The van der Waals surface area contributed by atoms with Gasteiger partial charge >= 0.3 is 0 Å². The summed E-state index contributed by atoms with van der Waals surface area (Å²) in [6, 6.07) is 15.5. The molecule has 2 fully saturated rings. The summed E-state index contributed by atoms with van der Waals surface area (Å²) >= 11 is 0. The lowest BCUT2D eigenvalue weighted by molar-refractivity contribution is -0.134. The molecule has 6 nitrogen and oxygen atoms in total. The molecule has 0 saturated carbocycles. The van der Waals surface area contributed by atoms with Gasteiger partial charge in [0.1, 0.15) is 11.6 Å². The Morgan fingerprint density at radius 2 is 1.50 bits per heavy atom. The SMILES string of the molecule is COc1cccc(F)c1CN1CCN(C(=O)CN2CCN(CCc3ccccc3)CC2)CC1.Cl. The van der Waals surface area contributed by atoms with Gasteiger partial charge in [0.2, 0.25) is 5.91 Å². The molecule has 0 radical (unpaired) electrons. The van der Waals surface area contributed by atoms with Gasteiger partial charge in [-0.15, -0.1) is 12.4 Å². The first-order valence-corrected chi connectivity index (χ1v) is 11.9. The standard InChI is InChI=1S/C26H35FN4O2.ClH/c1-33-25-9-5-8-24(27)23(25)20-29-16-18-31(19-17-29)26(32)21-30-14-12-28(13-15-30)11-10-22-6-3-2-4-7-22;/h2-9H,10-21H2,1H3;1H. The fourth-order valence-corrected chi connectivity index (χ4v) is 4.66. The van der Waals surface area contributed by atoms with Crippen molar-refractivity contribution in [1.29, 1.82) is 0 Å². The minimum atomic E-state index is -0.240. The Hall–Kier alpha value is -2.19. The fourth-order valence-electron chi connectivity index (χ4n) is 4.66. The van der Waals surface area contributed by atoms with Gasteiger partial charge in [0.15, 0.2) is 0 Å². The number of ether oxygens (including phenoxy) is 1. The molecule has 0 atom stereocenters. The van der Waals surface area contributed by atoms with Crippen molar-refractivity contribution < 1.29 is 13.9 Å². The number of rotatable bonds is 8. The first-order valence-electron chi connectivity index (χ1n) is 11.9. The van der Waals surface area contributed by atoms with E-state index in [1.54, 1.807) is 19.2 Å². The molecule has 2 heterocycles. The van der Waals surface area contributed by atoms with Gasteiger partial charge in [-0.2, -0.15) is 0 Å². The Bertz CT molecular complexity index is 901. The van der Waals surface area contributed by atoms with Crippen LogP contribution in [0.1, 0.15) is 11.1 Å². The molecule has 2 aliphatic heterocycles. The maximum absolute atomic E-state index is 14.2. The molecule has 0 aromatic heterocycles. The van der Waals surface area contributed by atoms with Gasteiger partial charge < -0.3 is 14.5 Å². The van der Waals surface area contributed by atoms with Gasteiger partial charge in [-0.25, -0.2) is 4.39 Å². The summed E-state index contributed by atoms with van der Waals surface area (Å²) in [5.74, 6) is 0.544. The third-order valence-corrected chi connectivity index (χ3v) is 6.79. The zero-order valence-electron chi connectivity index (χ0n) is 20.0. The molecule has 2 aliphatic rings. The molecular weight excluding hydrogens is 455 g/mol. The Morgan fingerprint density at radius 3 is 2.18 bits per heavy atom. The largest absolute Gasteiger partial charge is 0.496 e. The minimum absolute atomic E-state index is 0. The van der Waals surface area contributed by atoms with E-state index < -0.39 is 0 Å². The number of carbonyl (C=O) groups excluding carboxylic acids is 1. The van der Waals surface area contributed by atoms with E-state index in [1.165, 1.54) is 11.6 Å². The van der Waals surface area contributed by atoms with Crippen LogP contribution < -0.4 is 4.74 Å². The van der Waals surface area contributed by atoms with Gasteiger partial charge in [0.25, 0.3) is 0 Å². The second-order valence-electron chi connectivity index (χ2n) is 8.93. The van der Waals surface area contributed by atoms with Crippen molar-refractivity contribution in [3.05, 3.63) is 65.5 Å². The number of methoxy groups -OCH3 is 1. The fraction of sp³-hybridized carbons (Fsp3) is 0.500. The number of piperazine rings is 2. The molecule has 34 heavy (non-hydrogen) atoms. The molecule has 0 bridgehead atoms. The number of hydrogen-bond acceptors (Lipinski definition) is 5. The van der Waals surface area contributed by atoms with Gasteiger partial charge in [-0.3, -0.25) is 14.6 Å². The van der Waals surface area contributed by atoms with E-state index >= 15 is 0 Å². The van der Waals surface area contributed by atoms with Crippen molar-refractivity contribution in [2.45, 2.75) is 13.0 Å². The lowest BCUT2D eigenvalue weighted by atomic mass is 10.1. The van der Waals surface area contributed by atoms with E-state index in [-0.39, 0.29) is 24.1 Å². The first kappa shape index (κ1) is 26.4. The number of nitrogens with zero attached hydrogens (tertiary/aromatic N) is 4. The van der Waals surface area contributed by atoms with Crippen molar-refractivity contribution in [3.63, 3.8) is 0 Å². The van der Waals surface area contributed by atoms with Crippen molar-refractivity contribution >= 4 is 18.3 Å². The molecule has 1 amide bonds. The second kappa shape index (κ2) is 13.0. The predicted octanol–water partition coefficient (Wildman–Crippen LogP) is 2.76. The van der Waals surface area contributed by atoms with Crippen LogP contribution in [0.15, 0.2) is 48.5 Å². The summed E-state index contributed by atoms with van der Waals surface area (Å²) in [6.45, 7) is 8.83. The number of benzene rings is 2. The van der Waals surface area contributed by atoms with Crippen molar-refractivity contribution in [2.75, 3.05) is 72.6 Å². The Labute approximate surface area is 208 Å². The molecule has 0 unspecified atom stereocenters. The van der Waals surface area contributed by atoms with Crippen molar-refractivity contribution in [1.82, 2.24) is 19.6 Å². The van der Waals surface area contributed by atoms with Crippen LogP contribution in [0.3, 0.4) is 0 Å². The highest BCUT2D eigenvalue weighted by Crippen LogP contribution is 2.23. The Kier molecular flexibility index (Phi) is 10.1. The Morgan fingerprint density at radius 1 is 0.853 bits per heavy atom. The zero-order valence-corrected chi connectivity index (χ0v) is 20.8. The van der Waals surface area contributed by atoms with Crippen LogP contribution in [0.25, 0.3) is 0 Å². The van der Waals surface area contributed by atoms with E-state index in [9.17, 15) is 9.18 Å². The van der Waals surface area contributed by atoms with E-state index in [0.29, 0.717) is 37.5 Å². The molecule has 0 aliphatic carbocycles. The average molecular weight is 491 g/mol. The summed E-state index contributed by atoms with van der Waals surface area (Å²) in [7, 11) is 1.57. The van der Waals surface area contributed by atoms with Crippen LogP contribution >= 0.6 is 12.4 Å². The van der Waals surface area contributed by atoms with E-state index in [4.69, 9.17) is 4.74 Å². The highest BCUT2D eigenvalue weighted by Gasteiger charge is 2.25. The number of halogens is 2. The van der Waals surface area contributed by atoms with E-state index in [0.717, 1.165) is 52.2 Å². The lowest BCUT2D eigenvalue weighted by Crippen LogP contribution is -2.53. The van der Waals surface area contributed by atoms with Crippen LogP contribution in [-0.2, 0) is 17.8 Å².